The molecule has 0 heterocycles. The zero-order valence-electron chi connectivity index (χ0n) is 9.36. The van der Waals surface area contributed by atoms with Crippen LogP contribution >= 0.6 is 0 Å². The minimum Gasteiger partial charge on any atom is -0.293 e. The van der Waals surface area contributed by atoms with Gasteiger partial charge in [-0.05, 0) is 18.2 Å². The Bertz CT molecular complexity index is 515. The summed E-state index contributed by atoms with van der Waals surface area (Å²) in [5.74, 6) is -2.61. The van der Waals surface area contributed by atoms with E-state index in [4.69, 9.17) is 10.5 Å². The van der Waals surface area contributed by atoms with Crippen LogP contribution in [0.15, 0.2) is 18.2 Å². The minimum absolute atomic E-state index is 0.00906. The van der Waals surface area contributed by atoms with Gasteiger partial charge in [0.25, 0.3) is 0 Å². The van der Waals surface area contributed by atoms with Crippen LogP contribution in [0.25, 0.3) is 0 Å². The maximum atomic E-state index is 12.9. The molecule has 0 bridgehead atoms. The second-order valence-corrected chi connectivity index (χ2v) is 3.51. The summed E-state index contributed by atoms with van der Waals surface area (Å²) in [4.78, 5) is 13.0. The van der Waals surface area contributed by atoms with Crippen molar-refractivity contribution in [2.45, 2.75) is 0 Å². The van der Waals surface area contributed by atoms with Crippen molar-refractivity contribution in [2.75, 3.05) is 19.6 Å². The van der Waals surface area contributed by atoms with Gasteiger partial charge in [0.05, 0.1) is 31.8 Å². The van der Waals surface area contributed by atoms with Gasteiger partial charge in [0.2, 0.25) is 0 Å². The van der Waals surface area contributed by atoms with Gasteiger partial charge in [-0.15, -0.1) is 0 Å². The van der Waals surface area contributed by atoms with E-state index in [9.17, 15) is 13.6 Å². The highest BCUT2D eigenvalue weighted by atomic mass is 19.2. The quantitative estimate of drug-likeness (QED) is 0.585. The highest BCUT2D eigenvalue weighted by Gasteiger charge is 2.14. The van der Waals surface area contributed by atoms with Gasteiger partial charge < -0.3 is 0 Å². The molecule has 0 aromatic heterocycles. The van der Waals surface area contributed by atoms with Gasteiger partial charge >= 0.3 is 0 Å². The van der Waals surface area contributed by atoms with Crippen molar-refractivity contribution in [1.82, 2.24) is 4.90 Å². The van der Waals surface area contributed by atoms with Crippen molar-refractivity contribution in [1.29, 1.82) is 10.5 Å². The van der Waals surface area contributed by atoms with Crippen LogP contribution in [0.2, 0.25) is 0 Å². The third kappa shape index (κ3) is 3.62. The van der Waals surface area contributed by atoms with Gasteiger partial charge in [-0.2, -0.15) is 10.5 Å². The molecule has 0 atom stereocenters. The minimum atomic E-state index is -1.10. The Hall–Kier alpha value is -2.31. The molecular formula is C12H9F2N3O. The average molecular weight is 249 g/mol. The summed E-state index contributed by atoms with van der Waals surface area (Å²) in [6, 6.07) is 6.46. The number of carbonyl (C=O) groups excluding carboxylic acids is 1. The zero-order chi connectivity index (χ0) is 13.5. The normalized spacial score (nSPS) is 9.83. The van der Waals surface area contributed by atoms with Crippen molar-refractivity contribution >= 4 is 5.78 Å². The Labute approximate surface area is 103 Å². The molecule has 18 heavy (non-hydrogen) atoms. The molecule has 0 aliphatic heterocycles. The van der Waals surface area contributed by atoms with Crippen LogP contribution in [0.3, 0.4) is 0 Å². The SMILES string of the molecule is N#CCN(CC#N)CC(=O)c1ccc(F)c(F)c1. The summed E-state index contributed by atoms with van der Waals surface area (Å²) in [6.45, 7) is -0.349. The van der Waals surface area contributed by atoms with Crippen LogP contribution < -0.4 is 0 Å². The molecule has 0 N–H and O–H groups in total. The number of hydrogen-bond acceptors (Lipinski definition) is 4. The molecule has 1 aromatic carbocycles. The topological polar surface area (TPSA) is 67.9 Å². The molecular weight excluding hydrogens is 240 g/mol. The van der Waals surface area contributed by atoms with E-state index in [1.54, 1.807) is 0 Å². The number of Topliss-reactive ketones (excluding diaryl/α,β-unsaturated/α-hetero) is 1. The van der Waals surface area contributed by atoms with Crippen molar-refractivity contribution in [2.24, 2.45) is 0 Å². The summed E-state index contributed by atoms with van der Waals surface area (Å²) >= 11 is 0. The van der Waals surface area contributed by atoms with E-state index >= 15 is 0 Å². The molecule has 0 saturated heterocycles. The Morgan fingerprint density at radius 2 is 1.78 bits per heavy atom. The Balaban J connectivity index is 2.78. The van der Waals surface area contributed by atoms with Gasteiger partial charge in [0.1, 0.15) is 0 Å². The van der Waals surface area contributed by atoms with Crippen molar-refractivity contribution < 1.29 is 13.6 Å². The first-order valence-corrected chi connectivity index (χ1v) is 5.03. The Kier molecular flexibility index (Phi) is 4.91. The highest BCUT2D eigenvalue weighted by molar-refractivity contribution is 5.97. The van der Waals surface area contributed by atoms with E-state index in [0.29, 0.717) is 0 Å². The number of nitrogens with zero attached hydrogens (tertiary/aromatic N) is 3. The average Bonchev–Trinajstić information content (AvgIpc) is 2.33. The number of halogens is 2. The first kappa shape index (κ1) is 13.8. The number of nitriles is 2. The van der Waals surface area contributed by atoms with Gasteiger partial charge in [-0.1, -0.05) is 0 Å². The molecule has 0 aliphatic rings. The van der Waals surface area contributed by atoms with E-state index in [1.807, 2.05) is 12.1 Å². The van der Waals surface area contributed by atoms with E-state index in [2.05, 4.69) is 0 Å². The molecule has 0 amide bonds. The van der Waals surface area contributed by atoms with Crippen LogP contribution in [0, 0.1) is 34.3 Å². The fourth-order valence-electron chi connectivity index (χ4n) is 1.33. The highest BCUT2D eigenvalue weighted by Crippen LogP contribution is 2.09. The van der Waals surface area contributed by atoms with E-state index in [0.717, 1.165) is 18.2 Å². The zero-order valence-corrected chi connectivity index (χ0v) is 9.36. The lowest BCUT2D eigenvalue weighted by atomic mass is 10.1. The Morgan fingerprint density at radius 3 is 2.28 bits per heavy atom. The second kappa shape index (κ2) is 6.43. The Morgan fingerprint density at radius 1 is 1.17 bits per heavy atom. The monoisotopic (exact) mass is 249 g/mol. The molecule has 0 unspecified atom stereocenters. The number of carbonyl (C=O) groups is 1. The summed E-state index contributed by atoms with van der Waals surface area (Å²) in [7, 11) is 0. The summed E-state index contributed by atoms with van der Waals surface area (Å²) in [5.41, 5.74) is 0.00906. The fourth-order valence-corrected chi connectivity index (χ4v) is 1.33. The third-order valence-corrected chi connectivity index (χ3v) is 2.20. The molecule has 92 valence electrons. The maximum absolute atomic E-state index is 12.9. The van der Waals surface area contributed by atoms with Crippen LogP contribution in [-0.4, -0.2) is 30.3 Å². The van der Waals surface area contributed by atoms with Crippen molar-refractivity contribution in [3.63, 3.8) is 0 Å². The third-order valence-electron chi connectivity index (χ3n) is 2.20. The smallest absolute Gasteiger partial charge is 0.176 e. The van der Waals surface area contributed by atoms with Gasteiger partial charge in [0, 0.05) is 5.56 Å². The lowest BCUT2D eigenvalue weighted by Crippen LogP contribution is -2.30. The predicted molar refractivity (Wildman–Crippen MR) is 58.4 cm³/mol. The lowest BCUT2D eigenvalue weighted by Gasteiger charge is -2.13. The first-order chi connectivity index (χ1) is 8.58. The summed E-state index contributed by atoms with van der Waals surface area (Å²) < 4.78 is 25.6. The first-order valence-electron chi connectivity index (χ1n) is 5.03. The summed E-state index contributed by atoms with van der Waals surface area (Å²) in [6.07, 6.45) is 0. The molecule has 0 radical (unpaired) electrons. The summed E-state index contributed by atoms with van der Waals surface area (Å²) in [5, 5.41) is 17.0. The van der Waals surface area contributed by atoms with Crippen LogP contribution in [0.5, 0.6) is 0 Å². The van der Waals surface area contributed by atoms with Gasteiger partial charge in [-0.25, -0.2) is 8.78 Å². The molecule has 1 rings (SSSR count). The van der Waals surface area contributed by atoms with Gasteiger partial charge in [-0.3, -0.25) is 9.69 Å². The largest absolute Gasteiger partial charge is 0.293 e. The van der Waals surface area contributed by atoms with Gasteiger partial charge in [0.15, 0.2) is 17.4 Å². The van der Waals surface area contributed by atoms with Crippen LogP contribution in [-0.2, 0) is 0 Å². The fraction of sp³-hybridized carbons (Fsp3) is 0.250. The van der Waals surface area contributed by atoms with E-state index in [-0.39, 0.29) is 25.2 Å². The number of rotatable bonds is 5. The van der Waals surface area contributed by atoms with Crippen molar-refractivity contribution in [3.05, 3.63) is 35.4 Å². The molecule has 6 heteroatoms. The van der Waals surface area contributed by atoms with Crippen LogP contribution in [0.4, 0.5) is 8.78 Å². The second-order valence-electron chi connectivity index (χ2n) is 3.51. The standard InChI is InChI=1S/C12H9F2N3O/c13-10-2-1-9(7-11(10)14)12(18)8-17(5-3-15)6-4-16/h1-2,7H,5-6,8H2. The predicted octanol–water partition coefficient (Wildman–Crippen LogP) is 1.50. The number of hydrogen-bond donors (Lipinski definition) is 0. The molecule has 0 fully saturated rings. The number of ketones is 1. The molecule has 4 nitrogen and oxygen atoms in total. The molecule has 0 spiro atoms. The number of benzene rings is 1. The molecule has 1 aromatic rings. The molecule has 0 saturated carbocycles. The molecule has 0 aliphatic carbocycles. The van der Waals surface area contributed by atoms with E-state index < -0.39 is 17.4 Å². The van der Waals surface area contributed by atoms with Crippen LogP contribution in [0.1, 0.15) is 10.4 Å². The maximum Gasteiger partial charge on any atom is 0.176 e. The lowest BCUT2D eigenvalue weighted by molar-refractivity contribution is 0.0946. The van der Waals surface area contributed by atoms with Crippen molar-refractivity contribution in [3.8, 4) is 12.1 Å². The van der Waals surface area contributed by atoms with E-state index in [1.165, 1.54) is 4.90 Å².